The highest BCUT2D eigenvalue weighted by Crippen LogP contribution is 2.09. The lowest BCUT2D eigenvalue weighted by molar-refractivity contribution is 0.0474. The average molecular weight is 415 g/mol. The summed E-state index contributed by atoms with van der Waals surface area (Å²) >= 11 is 0. The predicted octanol–water partition coefficient (Wildman–Crippen LogP) is 2.90. The second kappa shape index (κ2) is 10.1. The molecule has 0 atom stereocenters. The second-order valence-corrected chi connectivity index (χ2v) is 8.84. The number of carbonyl (C=O) groups excluding carboxylic acids is 1. The van der Waals surface area contributed by atoms with Gasteiger partial charge in [-0.15, -0.1) is 0 Å². The van der Waals surface area contributed by atoms with Crippen molar-refractivity contribution in [3.05, 3.63) is 54.1 Å². The molecule has 1 heterocycles. The molecule has 0 aliphatic carbocycles. The van der Waals surface area contributed by atoms with E-state index < -0.39 is 17.2 Å². The van der Waals surface area contributed by atoms with Crippen LogP contribution < -0.4 is 16.0 Å². The molecule has 8 nitrogen and oxygen atoms in total. The summed E-state index contributed by atoms with van der Waals surface area (Å²) in [5, 5.41) is 9.42. The SMILES string of the molecule is CN=C(NCc1ccc(Cn2ccnc2)cc1)NCC(C)(C)NC(=O)OC(C)(C)C. The fourth-order valence-corrected chi connectivity index (χ4v) is 2.69. The van der Waals surface area contributed by atoms with Crippen LogP contribution in [0.15, 0.2) is 48.0 Å². The zero-order valence-electron chi connectivity index (χ0n) is 18.8. The van der Waals surface area contributed by atoms with E-state index in [1.54, 1.807) is 13.2 Å². The number of aromatic nitrogens is 2. The number of alkyl carbamates (subject to hydrolysis) is 1. The first-order chi connectivity index (χ1) is 14.1. The van der Waals surface area contributed by atoms with Crippen LogP contribution in [0.1, 0.15) is 45.7 Å². The van der Waals surface area contributed by atoms with Crippen LogP contribution in [0.5, 0.6) is 0 Å². The van der Waals surface area contributed by atoms with Crippen LogP contribution in [0.3, 0.4) is 0 Å². The highest BCUT2D eigenvalue weighted by atomic mass is 16.6. The summed E-state index contributed by atoms with van der Waals surface area (Å²) in [5.41, 5.74) is 1.33. The Bertz CT molecular complexity index is 820. The summed E-state index contributed by atoms with van der Waals surface area (Å²) in [4.78, 5) is 20.3. The van der Waals surface area contributed by atoms with Gasteiger partial charge in [-0.3, -0.25) is 4.99 Å². The van der Waals surface area contributed by atoms with Gasteiger partial charge < -0.3 is 25.3 Å². The molecule has 0 bridgehead atoms. The van der Waals surface area contributed by atoms with Gasteiger partial charge in [-0.2, -0.15) is 0 Å². The minimum absolute atomic E-state index is 0.437. The molecule has 164 valence electrons. The van der Waals surface area contributed by atoms with Gasteiger partial charge in [0, 0.05) is 39.1 Å². The van der Waals surface area contributed by atoms with Gasteiger partial charge in [-0.1, -0.05) is 24.3 Å². The molecule has 0 aliphatic rings. The van der Waals surface area contributed by atoms with Gasteiger partial charge in [0.15, 0.2) is 5.96 Å². The van der Waals surface area contributed by atoms with E-state index in [0.717, 1.165) is 12.1 Å². The fourth-order valence-electron chi connectivity index (χ4n) is 2.69. The van der Waals surface area contributed by atoms with Gasteiger partial charge in [0.25, 0.3) is 0 Å². The van der Waals surface area contributed by atoms with Crippen molar-refractivity contribution in [2.24, 2.45) is 4.99 Å². The van der Waals surface area contributed by atoms with E-state index in [1.165, 1.54) is 5.56 Å². The maximum absolute atomic E-state index is 12.0. The normalized spacial score (nSPS) is 12.4. The van der Waals surface area contributed by atoms with Gasteiger partial charge in [0.2, 0.25) is 0 Å². The van der Waals surface area contributed by atoms with Crippen molar-refractivity contribution >= 4 is 12.1 Å². The fraction of sp³-hybridized carbons (Fsp3) is 0.500. The Balaban J connectivity index is 1.79. The van der Waals surface area contributed by atoms with Gasteiger partial charge in [0.05, 0.1) is 11.9 Å². The number of imidazole rings is 1. The van der Waals surface area contributed by atoms with Gasteiger partial charge in [0.1, 0.15) is 5.60 Å². The van der Waals surface area contributed by atoms with Crippen molar-refractivity contribution in [3.63, 3.8) is 0 Å². The first-order valence-corrected chi connectivity index (χ1v) is 10.1. The van der Waals surface area contributed by atoms with E-state index in [1.807, 2.05) is 51.7 Å². The third-order valence-electron chi connectivity index (χ3n) is 4.17. The average Bonchev–Trinajstić information content (AvgIpc) is 3.14. The monoisotopic (exact) mass is 414 g/mol. The summed E-state index contributed by atoms with van der Waals surface area (Å²) in [7, 11) is 1.72. The summed E-state index contributed by atoms with van der Waals surface area (Å²) in [5.74, 6) is 0.663. The summed E-state index contributed by atoms with van der Waals surface area (Å²) in [6.45, 7) is 11.3. The van der Waals surface area contributed by atoms with Crippen LogP contribution in [0, 0.1) is 0 Å². The number of nitrogens with zero attached hydrogens (tertiary/aromatic N) is 3. The number of hydrogen-bond donors (Lipinski definition) is 3. The van der Waals surface area contributed by atoms with Crippen LogP contribution in [-0.2, 0) is 17.8 Å². The van der Waals surface area contributed by atoms with Gasteiger partial charge in [-0.25, -0.2) is 9.78 Å². The largest absolute Gasteiger partial charge is 0.444 e. The van der Waals surface area contributed by atoms with E-state index in [0.29, 0.717) is 19.0 Å². The zero-order chi connectivity index (χ0) is 22.2. The molecule has 3 N–H and O–H groups in total. The van der Waals surface area contributed by atoms with Crippen molar-refractivity contribution in [1.29, 1.82) is 0 Å². The summed E-state index contributed by atoms with van der Waals surface area (Å²) in [6, 6.07) is 8.42. The van der Waals surface area contributed by atoms with Crippen molar-refractivity contribution in [3.8, 4) is 0 Å². The summed E-state index contributed by atoms with van der Waals surface area (Å²) in [6.07, 6.45) is 5.10. The molecule has 0 radical (unpaired) electrons. The topological polar surface area (TPSA) is 92.6 Å². The number of rotatable bonds is 7. The van der Waals surface area contributed by atoms with E-state index in [-0.39, 0.29) is 0 Å². The molecule has 0 aliphatic heterocycles. The van der Waals surface area contributed by atoms with Crippen LogP contribution in [0.4, 0.5) is 4.79 Å². The molecule has 0 unspecified atom stereocenters. The highest BCUT2D eigenvalue weighted by molar-refractivity contribution is 5.79. The molecule has 0 spiro atoms. The zero-order valence-corrected chi connectivity index (χ0v) is 18.8. The quantitative estimate of drug-likeness (QED) is 0.479. The lowest BCUT2D eigenvalue weighted by atomic mass is 10.1. The molecule has 1 amide bonds. The number of benzene rings is 1. The lowest BCUT2D eigenvalue weighted by Crippen LogP contribution is -2.54. The Hall–Kier alpha value is -3.03. The van der Waals surface area contributed by atoms with E-state index in [2.05, 4.69) is 50.2 Å². The molecule has 2 rings (SSSR count). The molecule has 1 aromatic carbocycles. The molecule has 0 saturated heterocycles. The van der Waals surface area contributed by atoms with E-state index in [4.69, 9.17) is 4.74 Å². The number of ether oxygens (including phenoxy) is 1. The van der Waals surface area contributed by atoms with Crippen molar-refractivity contribution in [1.82, 2.24) is 25.5 Å². The van der Waals surface area contributed by atoms with Gasteiger partial charge >= 0.3 is 6.09 Å². The number of nitrogens with one attached hydrogen (secondary N) is 3. The Morgan fingerprint density at radius 2 is 1.77 bits per heavy atom. The Morgan fingerprint density at radius 3 is 2.33 bits per heavy atom. The minimum atomic E-state index is -0.528. The first-order valence-electron chi connectivity index (χ1n) is 10.1. The number of amides is 1. The smallest absolute Gasteiger partial charge is 0.408 e. The minimum Gasteiger partial charge on any atom is -0.444 e. The first kappa shape index (κ1) is 23.3. The standard InChI is InChI=1S/C22H34N6O2/c1-21(2,3)30-20(29)27-22(4,5)15-26-19(23-6)25-13-17-7-9-18(10-8-17)14-28-12-11-24-16-28/h7-12,16H,13-15H2,1-6H3,(H,27,29)(H2,23,25,26). The Morgan fingerprint density at radius 1 is 1.10 bits per heavy atom. The van der Waals surface area contributed by atoms with Crippen LogP contribution in [0.2, 0.25) is 0 Å². The molecular weight excluding hydrogens is 380 g/mol. The lowest BCUT2D eigenvalue weighted by Gasteiger charge is -2.29. The molecule has 8 heteroatoms. The maximum Gasteiger partial charge on any atom is 0.408 e. The third kappa shape index (κ3) is 8.55. The maximum atomic E-state index is 12.0. The Labute approximate surface area is 179 Å². The Kier molecular flexibility index (Phi) is 7.86. The third-order valence-corrected chi connectivity index (χ3v) is 4.17. The van der Waals surface area contributed by atoms with Gasteiger partial charge in [-0.05, 0) is 45.7 Å². The molecular formula is C22H34N6O2. The predicted molar refractivity (Wildman–Crippen MR) is 119 cm³/mol. The molecule has 2 aromatic rings. The van der Waals surface area contributed by atoms with Crippen LogP contribution in [0.25, 0.3) is 0 Å². The number of carbonyl (C=O) groups is 1. The van der Waals surface area contributed by atoms with Crippen LogP contribution in [-0.4, -0.2) is 46.3 Å². The molecule has 0 fully saturated rings. The van der Waals surface area contributed by atoms with Crippen molar-refractivity contribution in [2.75, 3.05) is 13.6 Å². The molecule has 1 aromatic heterocycles. The van der Waals surface area contributed by atoms with Crippen molar-refractivity contribution < 1.29 is 9.53 Å². The highest BCUT2D eigenvalue weighted by Gasteiger charge is 2.24. The number of guanidine groups is 1. The molecule has 0 saturated carbocycles. The number of aliphatic imine (C=N–C) groups is 1. The molecule has 30 heavy (non-hydrogen) atoms. The van der Waals surface area contributed by atoms with E-state index in [9.17, 15) is 4.79 Å². The number of hydrogen-bond acceptors (Lipinski definition) is 4. The van der Waals surface area contributed by atoms with E-state index >= 15 is 0 Å². The second-order valence-electron chi connectivity index (χ2n) is 8.84. The summed E-state index contributed by atoms with van der Waals surface area (Å²) < 4.78 is 7.36. The van der Waals surface area contributed by atoms with Crippen molar-refractivity contribution in [2.45, 2.75) is 58.8 Å². The van der Waals surface area contributed by atoms with Crippen LogP contribution >= 0.6 is 0 Å².